The Balaban J connectivity index is 2.85. The first-order chi connectivity index (χ1) is 4.20. The Morgan fingerprint density at radius 3 is 2.44 bits per heavy atom. The monoisotopic (exact) mass is 125 g/mol. The summed E-state index contributed by atoms with van der Waals surface area (Å²) in [5.74, 6) is 0.998. The van der Waals surface area contributed by atoms with E-state index in [4.69, 9.17) is 0 Å². The molecule has 50 valence electrons. The summed E-state index contributed by atoms with van der Waals surface area (Å²) in [5, 5.41) is 0. The van der Waals surface area contributed by atoms with E-state index in [-0.39, 0.29) is 0 Å². The first kappa shape index (κ1) is 6.13. The van der Waals surface area contributed by atoms with Crippen LogP contribution in [0.3, 0.4) is 0 Å². The van der Waals surface area contributed by atoms with Crippen LogP contribution in [-0.2, 0) is 7.05 Å². The van der Waals surface area contributed by atoms with Crippen LogP contribution in [0.5, 0.6) is 0 Å². The summed E-state index contributed by atoms with van der Waals surface area (Å²) in [7, 11) is 5.91. The van der Waals surface area contributed by atoms with E-state index < -0.39 is 0 Å². The summed E-state index contributed by atoms with van der Waals surface area (Å²) in [6.45, 7) is 0. The maximum Gasteiger partial charge on any atom is 0.146 e. The molecule has 1 rings (SSSR count). The van der Waals surface area contributed by atoms with E-state index in [0.29, 0.717) is 0 Å². The number of anilines is 1. The molecule has 1 aromatic heterocycles. The van der Waals surface area contributed by atoms with Crippen LogP contribution in [0.15, 0.2) is 12.5 Å². The zero-order valence-electron chi connectivity index (χ0n) is 6.00. The summed E-state index contributed by atoms with van der Waals surface area (Å²) < 4.78 is 1.93. The molecule has 0 radical (unpaired) electrons. The Bertz CT molecular complexity index is 190. The minimum absolute atomic E-state index is 0.998. The highest BCUT2D eigenvalue weighted by atomic mass is 15.2. The number of aryl methyl sites for hydroxylation is 1. The summed E-state index contributed by atoms with van der Waals surface area (Å²) in [4.78, 5) is 6.08. The summed E-state index contributed by atoms with van der Waals surface area (Å²) in [6, 6.07) is 0. The minimum atomic E-state index is 0.998. The Morgan fingerprint density at radius 2 is 2.22 bits per heavy atom. The van der Waals surface area contributed by atoms with Crippen molar-refractivity contribution in [3.05, 3.63) is 12.5 Å². The third-order valence-corrected chi connectivity index (χ3v) is 1.15. The fourth-order valence-corrected chi connectivity index (χ4v) is 0.630. The molecule has 0 N–H and O–H groups in total. The van der Waals surface area contributed by atoms with Gasteiger partial charge in [-0.3, -0.25) is 0 Å². The van der Waals surface area contributed by atoms with Crippen LogP contribution in [-0.4, -0.2) is 23.6 Å². The fourth-order valence-electron chi connectivity index (χ4n) is 0.630. The first-order valence-corrected chi connectivity index (χ1v) is 2.85. The van der Waals surface area contributed by atoms with Gasteiger partial charge in [-0.05, 0) is 0 Å². The predicted octanol–water partition coefficient (Wildman–Crippen LogP) is 0.486. The van der Waals surface area contributed by atoms with Gasteiger partial charge >= 0.3 is 0 Å². The predicted molar refractivity (Wildman–Crippen MR) is 37.5 cm³/mol. The molecule has 0 aliphatic rings. The van der Waals surface area contributed by atoms with Crippen LogP contribution in [0, 0.1) is 0 Å². The second kappa shape index (κ2) is 2.09. The standard InChI is InChI=1S/C6H11N3/c1-8(2)6-4-9(3)5-7-6/h4-5H,1-3H3. The molecule has 3 heteroatoms. The zero-order valence-corrected chi connectivity index (χ0v) is 6.00. The van der Waals surface area contributed by atoms with E-state index in [1.807, 2.05) is 36.8 Å². The molecule has 0 aromatic carbocycles. The van der Waals surface area contributed by atoms with Gasteiger partial charge in [0.1, 0.15) is 5.82 Å². The number of rotatable bonds is 1. The largest absolute Gasteiger partial charge is 0.361 e. The highest BCUT2D eigenvalue weighted by Crippen LogP contribution is 2.03. The first-order valence-electron chi connectivity index (χ1n) is 2.85. The van der Waals surface area contributed by atoms with Crippen molar-refractivity contribution in [2.75, 3.05) is 19.0 Å². The zero-order chi connectivity index (χ0) is 6.85. The third-order valence-electron chi connectivity index (χ3n) is 1.15. The summed E-state index contributed by atoms with van der Waals surface area (Å²) >= 11 is 0. The quantitative estimate of drug-likeness (QED) is 0.544. The van der Waals surface area contributed by atoms with Gasteiger partial charge in [0, 0.05) is 27.3 Å². The average Bonchev–Trinajstić information content (AvgIpc) is 2.14. The van der Waals surface area contributed by atoms with E-state index in [9.17, 15) is 0 Å². The van der Waals surface area contributed by atoms with Gasteiger partial charge in [-0.15, -0.1) is 0 Å². The van der Waals surface area contributed by atoms with Crippen molar-refractivity contribution in [3.63, 3.8) is 0 Å². The summed E-state index contributed by atoms with van der Waals surface area (Å²) in [5.41, 5.74) is 0. The van der Waals surface area contributed by atoms with Crippen LogP contribution >= 0.6 is 0 Å². The highest BCUT2D eigenvalue weighted by Gasteiger charge is 1.94. The maximum atomic E-state index is 4.10. The van der Waals surface area contributed by atoms with E-state index in [0.717, 1.165) is 5.82 Å². The maximum absolute atomic E-state index is 4.10. The Kier molecular flexibility index (Phi) is 1.42. The van der Waals surface area contributed by atoms with E-state index in [1.165, 1.54) is 0 Å². The fraction of sp³-hybridized carbons (Fsp3) is 0.500. The molecule has 0 saturated carbocycles. The van der Waals surface area contributed by atoms with Crippen molar-refractivity contribution in [1.29, 1.82) is 0 Å². The number of nitrogens with zero attached hydrogens (tertiary/aromatic N) is 3. The van der Waals surface area contributed by atoms with Gasteiger partial charge in [0.2, 0.25) is 0 Å². The van der Waals surface area contributed by atoms with E-state index in [1.54, 1.807) is 6.33 Å². The molecule has 0 bridgehead atoms. The average molecular weight is 125 g/mol. The molecule has 0 fully saturated rings. The van der Waals surface area contributed by atoms with Crippen molar-refractivity contribution < 1.29 is 0 Å². The molecule has 1 aromatic rings. The van der Waals surface area contributed by atoms with Crippen molar-refractivity contribution >= 4 is 5.82 Å². The number of aromatic nitrogens is 2. The lowest BCUT2D eigenvalue weighted by Crippen LogP contribution is -2.08. The van der Waals surface area contributed by atoms with Gasteiger partial charge in [-0.2, -0.15) is 0 Å². The Morgan fingerprint density at radius 1 is 1.56 bits per heavy atom. The lowest BCUT2D eigenvalue weighted by molar-refractivity contribution is 0.913. The van der Waals surface area contributed by atoms with Gasteiger partial charge in [-0.1, -0.05) is 0 Å². The second-order valence-corrected chi connectivity index (χ2v) is 2.29. The summed E-state index contributed by atoms with van der Waals surface area (Å²) in [6.07, 6.45) is 3.76. The molecular weight excluding hydrogens is 114 g/mol. The number of hydrogen-bond acceptors (Lipinski definition) is 2. The van der Waals surface area contributed by atoms with Crippen LogP contribution in [0.2, 0.25) is 0 Å². The Hall–Kier alpha value is -0.990. The van der Waals surface area contributed by atoms with Gasteiger partial charge in [0.25, 0.3) is 0 Å². The SMILES string of the molecule is CN(C)c1cn(C)cn1. The lowest BCUT2D eigenvalue weighted by Gasteiger charge is -2.05. The molecule has 0 atom stereocenters. The smallest absolute Gasteiger partial charge is 0.146 e. The third kappa shape index (κ3) is 1.22. The topological polar surface area (TPSA) is 21.1 Å². The van der Waals surface area contributed by atoms with Crippen LogP contribution in [0.25, 0.3) is 0 Å². The molecular formula is C6H11N3. The lowest BCUT2D eigenvalue weighted by atomic mass is 10.7. The van der Waals surface area contributed by atoms with Crippen LogP contribution in [0.1, 0.15) is 0 Å². The number of imidazole rings is 1. The van der Waals surface area contributed by atoms with Gasteiger partial charge in [-0.25, -0.2) is 4.98 Å². The minimum Gasteiger partial charge on any atom is -0.361 e. The Labute approximate surface area is 54.9 Å². The van der Waals surface area contributed by atoms with Crippen LogP contribution in [0.4, 0.5) is 5.82 Å². The molecule has 0 saturated heterocycles. The van der Waals surface area contributed by atoms with Gasteiger partial charge in [0.05, 0.1) is 6.33 Å². The second-order valence-electron chi connectivity index (χ2n) is 2.29. The van der Waals surface area contributed by atoms with E-state index >= 15 is 0 Å². The van der Waals surface area contributed by atoms with Gasteiger partial charge in [0.15, 0.2) is 0 Å². The highest BCUT2D eigenvalue weighted by molar-refractivity contribution is 5.32. The molecule has 1 heterocycles. The molecule has 0 aliphatic carbocycles. The molecule has 0 unspecified atom stereocenters. The van der Waals surface area contributed by atoms with Crippen molar-refractivity contribution in [2.24, 2.45) is 7.05 Å². The normalized spacial score (nSPS) is 9.67. The number of hydrogen-bond donors (Lipinski definition) is 0. The van der Waals surface area contributed by atoms with Crippen LogP contribution < -0.4 is 4.90 Å². The molecule has 0 spiro atoms. The molecule has 0 aliphatic heterocycles. The molecule has 0 amide bonds. The molecule has 3 nitrogen and oxygen atoms in total. The molecule has 9 heavy (non-hydrogen) atoms. The van der Waals surface area contributed by atoms with Crippen molar-refractivity contribution in [1.82, 2.24) is 9.55 Å². The van der Waals surface area contributed by atoms with Crippen molar-refractivity contribution in [3.8, 4) is 0 Å². The van der Waals surface area contributed by atoms with Crippen molar-refractivity contribution in [2.45, 2.75) is 0 Å². The van der Waals surface area contributed by atoms with Gasteiger partial charge < -0.3 is 9.47 Å². The van der Waals surface area contributed by atoms with E-state index in [2.05, 4.69) is 4.98 Å².